The van der Waals surface area contributed by atoms with Crippen LogP contribution in [0.15, 0.2) is 17.7 Å². The molecule has 3 nitrogen and oxygen atoms in total. The van der Waals surface area contributed by atoms with Crippen LogP contribution in [0.2, 0.25) is 10.0 Å². The Balaban J connectivity index is 3.08. The number of hydrogen-bond acceptors (Lipinski definition) is 2. The highest BCUT2D eigenvalue weighted by molar-refractivity contribution is 6.37. The van der Waals surface area contributed by atoms with Gasteiger partial charge < -0.3 is 10.2 Å². The first-order valence-corrected chi connectivity index (χ1v) is 6.33. The molecule has 0 amide bonds. The summed E-state index contributed by atoms with van der Waals surface area (Å²) in [5, 5.41) is 18.7. The molecule has 0 aliphatic heterocycles. The first kappa shape index (κ1) is 14.9. The number of aromatic hydroxyl groups is 1. The fourth-order valence-electron chi connectivity index (χ4n) is 1.48. The van der Waals surface area contributed by atoms with Crippen molar-refractivity contribution in [3.8, 4) is 5.75 Å². The summed E-state index contributed by atoms with van der Waals surface area (Å²) in [6, 6.07) is 2.97. The zero-order valence-corrected chi connectivity index (χ0v) is 11.4. The highest BCUT2D eigenvalue weighted by atomic mass is 35.5. The predicted octanol–water partition coefficient (Wildman–Crippen LogP) is 4.36. The minimum Gasteiger partial charge on any atom is -0.505 e. The van der Waals surface area contributed by atoms with Gasteiger partial charge in [-0.3, -0.25) is 0 Å². The number of benzene rings is 1. The van der Waals surface area contributed by atoms with Crippen LogP contribution in [-0.4, -0.2) is 16.2 Å². The number of halogens is 2. The van der Waals surface area contributed by atoms with E-state index in [0.29, 0.717) is 17.6 Å². The maximum absolute atomic E-state index is 11.1. The maximum Gasteiger partial charge on any atom is 0.331 e. The highest BCUT2D eigenvalue weighted by Crippen LogP contribution is 2.33. The van der Waals surface area contributed by atoms with E-state index in [1.54, 1.807) is 0 Å². The Hall–Kier alpha value is -1.19. The van der Waals surface area contributed by atoms with E-state index in [1.807, 2.05) is 6.92 Å². The molecule has 1 aromatic carbocycles. The highest BCUT2D eigenvalue weighted by Gasteiger charge is 2.09. The largest absolute Gasteiger partial charge is 0.505 e. The van der Waals surface area contributed by atoms with Crippen LogP contribution in [0.3, 0.4) is 0 Å². The molecule has 1 aromatic rings. The fourth-order valence-corrected chi connectivity index (χ4v) is 1.98. The molecule has 0 aliphatic rings. The summed E-state index contributed by atoms with van der Waals surface area (Å²) in [6.45, 7) is 1.99. The molecule has 0 aliphatic carbocycles. The fraction of sp³-hybridized carbons (Fsp3) is 0.308. The smallest absolute Gasteiger partial charge is 0.331 e. The van der Waals surface area contributed by atoms with Gasteiger partial charge in [-0.05, 0) is 36.6 Å². The zero-order chi connectivity index (χ0) is 13.7. The van der Waals surface area contributed by atoms with Crippen molar-refractivity contribution < 1.29 is 15.0 Å². The van der Waals surface area contributed by atoms with Crippen LogP contribution in [0.1, 0.15) is 31.7 Å². The maximum atomic E-state index is 11.1. The summed E-state index contributed by atoms with van der Waals surface area (Å²) in [4.78, 5) is 11.1. The van der Waals surface area contributed by atoms with E-state index in [-0.39, 0.29) is 15.8 Å². The van der Waals surface area contributed by atoms with Crippen LogP contribution in [-0.2, 0) is 4.79 Å². The van der Waals surface area contributed by atoms with Gasteiger partial charge in [0.2, 0.25) is 0 Å². The second-order valence-electron chi connectivity index (χ2n) is 3.91. The van der Waals surface area contributed by atoms with E-state index >= 15 is 0 Å². The minimum absolute atomic E-state index is 0.106. The molecule has 0 bridgehead atoms. The number of carbonyl (C=O) groups is 1. The molecule has 0 radical (unpaired) electrons. The van der Waals surface area contributed by atoms with Gasteiger partial charge in [-0.2, -0.15) is 0 Å². The lowest BCUT2D eigenvalue weighted by molar-refractivity contribution is -0.132. The van der Waals surface area contributed by atoms with Crippen LogP contribution >= 0.6 is 23.2 Å². The van der Waals surface area contributed by atoms with Crippen molar-refractivity contribution in [2.45, 2.75) is 26.2 Å². The molecule has 0 saturated heterocycles. The zero-order valence-electron chi connectivity index (χ0n) is 9.91. The molecular weight excluding hydrogens is 275 g/mol. The number of phenolic OH excluding ortho intramolecular Hbond substituents is 1. The Morgan fingerprint density at radius 3 is 2.33 bits per heavy atom. The van der Waals surface area contributed by atoms with Gasteiger partial charge in [0, 0.05) is 5.57 Å². The third kappa shape index (κ3) is 3.93. The predicted molar refractivity (Wildman–Crippen MR) is 73.3 cm³/mol. The Bertz CT molecular complexity index is 458. The standard InChI is InChI=1S/C13H14Cl2O3/c1-2-3-4-9(13(17)18)5-8-6-10(14)12(16)11(15)7-8/h5-7,16H,2-4H2,1H3,(H,17,18)/b9-5-. The molecule has 0 fully saturated rings. The number of carboxylic acid groups (broad SMARTS) is 1. The third-order valence-corrected chi connectivity index (χ3v) is 3.03. The third-order valence-electron chi connectivity index (χ3n) is 2.45. The van der Waals surface area contributed by atoms with E-state index < -0.39 is 5.97 Å². The van der Waals surface area contributed by atoms with E-state index in [1.165, 1.54) is 18.2 Å². The Kier molecular flexibility index (Phi) is 5.51. The van der Waals surface area contributed by atoms with Gasteiger partial charge in [0.1, 0.15) is 0 Å². The van der Waals surface area contributed by atoms with Gasteiger partial charge in [0.25, 0.3) is 0 Å². The summed E-state index contributed by atoms with van der Waals surface area (Å²) in [7, 11) is 0. The summed E-state index contributed by atoms with van der Waals surface area (Å²) < 4.78 is 0. The molecule has 0 heterocycles. The Labute approximate surface area is 116 Å². The molecule has 0 spiro atoms. The summed E-state index contributed by atoms with van der Waals surface area (Å²) >= 11 is 11.6. The van der Waals surface area contributed by atoms with Gasteiger partial charge in [-0.15, -0.1) is 0 Å². The molecule has 18 heavy (non-hydrogen) atoms. The van der Waals surface area contributed by atoms with Crippen molar-refractivity contribution in [3.63, 3.8) is 0 Å². The number of aliphatic carboxylic acids is 1. The molecular formula is C13H14Cl2O3. The van der Waals surface area contributed by atoms with Crippen LogP contribution in [0.25, 0.3) is 6.08 Å². The molecule has 5 heteroatoms. The number of hydrogen-bond donors (Lipinski definition) is 2. The van der Waals surface area contributed by atoms with Crippen LogP contribution in [0.4, 0.5) is 0 Å². The molecule has 0 unspecified atom stereocenters. The van der Waals surface area contributed by atoms with Crippen LogP contribution in [0, 0.1) is 0 Å². The van der Waals surface area contributed by atoms with Crippen molar-refractivity contribution in [3.05, 3.63) is 33.3 Å². The monoisotopic (exact) mass is 288 g/mol. The first-order valence-electron chi connectivity index (χ1n) is 5.57. The van der Waals surface area contributed by atoms with E-state index in [0.717, 1.165) is 12.8 Å². The van der Waals surface area contributed by atoms with E-state index in [2.05, 4.69) is 0 Å². The summed E-state index contributed by atoms with van der Waals surface area (Å²) in [5.74, 6) is -1.15. The molecule has 98 valence electrons. The van der Waals surface area contributed by atoms with Crippen molar-refractivity contribution in [1.82, 2.24) is 0 Å². The summed E-state index contributed by atoms with van der Waals surface area (Å²) in [6.07, 6.45) is 3.73. The lowest BCUT2D eigenvalue weighted by Gasteiger charge is -2.04. The van der Waals surface area contributed by atoms with Crippen molar-refractivity contribution in [1.29, 1.82) is 0 Å². The van der Waals surface area contributed by atoms with Crippen LogP contribution < -0.4 is 0 Å². The van der Waals surface area contributed by atoms with Gasteiger partial charge in [0.15, 0.2) is 5.75 Å². The molecule has 0 aromatic heterocycles. The SMILES string of the molecule is CCCC/C(=C/c1cc(Cl)c(O)c(Cl)c1)C(=O)O. The second kappa shape index (κ2) is 6.66. The van der Waals surface area contributed by atoms with Crippen molar-refractivity contribution in [2.24, 2.45) is 0 Å². The normalized spacial score (nSPS) is 11.6. The average Bonchev–Trinajstić information content (AvgIpc) is 2.30. The molecule has 0 atom stereocenters. The van der Waals surface area contributed by atoms with Crippen LogP contribution in [0.5, 0.6) is 5.75 Å². The van der Waals surface area contributed by atoms with Gasteiger partial charge in [-0.25, -0.2) is 4.79 Å². The Morgan fingerprint density at radius 2 is 1.89 bits per heavy atom. The average molecular weight is 289 g/mol. The minimum atomic E-state index is -0.955. The second-order valence-corrected chi connectivity index (χ2v) is 4.73. The summed E-state index contributed by atoms with van der Waals surface area (Å²) in [5.41, 5.74) is 0.867. The molecule has 1 rings (SSSR count). The van der Waals surface area contributed by atoms with E-state index in [9.17, 15) is 9.90 Å². The van der Waals surface area contributed by atoms with Crippen molar-refractivity contribution >= 4 is 35.2 Å². The lowest BCUT2D eigenvalue weighted by Crippen LogP contribution is -2.00. The van der Waals surface area contributed by atoms with E-state index in [4.69, 9.17) is 28.3 Å². The Morgan fingerprint density at radius 1 is 1.33 bits per heavy atom. The lowest BCUT2D eigenvalue weighted by atomic mass is 10.1. The van der Waals surface area contributed by atoms with Gasteiger partial charge in [-0.1, -0.05) is 36.5 Å². The van der Waals surface area contributed by atoms with Gasteiger partial charge >= 0.3 is 5.97 Å². The number of unbranched alkanes of at least 4 members (excludes halogenated alkanes) is 1. The van der Waals surface area contributed by atoms with Gasteiger partial charge in [0.05, 0.1) is 10.0 Å². The topological polar surface area (TPSA) is 57.5 Å². The molecule has 2 N–H and O–H groups in total. The number of phenols is 1. The van der Waals surface area contributed by atoms with Crippen molar-refractivity contribution in [2.75, 3.05) is 0 Å². The number of carboxylic acids is 1. The number of rotatable bonds is 5. The first-order chi connectivity index (χ1) is 8.45. The molecule has 0 saturated carbocycles. The quantitative estimate of drug-likeness (QED) is 0.792.